The fraction of sp³-hybridized carbons (Fsp3) is 0.348. The summed E-state index contributed by atoms with van der Waals surface area (Å²) in [5, 5.41) is 2.83. The summed E-state index contributed by atoms with van der Waals surface area (Å²) in [6.45, 7) is -0.443. The van der Waals surface area contributed by atoms with E-state index in [1.807, 2.05) is 36.4 Å². The van der Waals surface area contributed by atoms with Crippen LogP contribution in [-0.2, 0) is 31.4 Å². The third kappa shape index (κ3) is 4.12. The van der Waals surface area contributed by atoms with Crippen molar-refractivity contribution in [2.75, 3.05) is 25.1 Å². The highest BCUT2D eigenvalue weighted by atomic mass is 32.2. The monoisotopic (exact) mass is 455 g/mol. The Bertz CT molecular complexity index is 1140. The third-order valence-corrected chi connectivity index (χ3v) is 7.95. The fourth-order valence-corrected chi connectivity index (χ4v) is 6.12. The van der Waals surface area contributed by atoms with Gasteiger partial charge in [-0.3, -0.25) is 14.5 Å². The predicted octanol–water partition coefficient (Wildman–Crippen LogP) is 1.32. The van der Waals surface area contributed by atoms with Gasteiger partial charge in [-0.05, 0) is 17.5 Å². The maximum Gasteiger partial charge on any atom is 0.325 e. The summed E-state index contributed by atoms with van der Waals surface area (Å²) in [5.41, 5.74) is 0.175. The molecule has 2 aromatic rings. The smallest absolute Gasteiger partial charge is 0.325 e. The van der Waals surface area contributed by atoms with E-state index in [0.717, 1.165) is 10.5 Å². The first kappa shape index (κ1) is 22.0. The Morgan fingerprint density at radius 2 is 1.72 bits per heavy atom. The van der Waals surface area contributed by atoms with E-state index in [1.54, 1.807) is 24.3 Å². The molecule has 2 atom stereocenters. The van der Waals surface area contributed by atoms with Gasteiger partial charge < -0.3 is 10.2 Å². The molecular weight excluding hydrogens is 430 g/mol. The Hall–Kier alpha value is -3.20. The van der Waals surface area contributed by atoms with Crippen LogP contribution in [-0.4, -0.2) is 67.2 Å². The van der Waals surface area contributed by atoms with Crippen LogP contribution in [0, 0.1) is 0 Å². The molecule has 2 aliphatic rings. The van der Waals surface area contributed by atoms with Crippen molar-refractivity contribution in [3.05, 3.63) is 71.8 Å². The fourth-order valence-electron chi connectivity index (χ4n) is 4.34. The van der Waals surface area contributed by atoms with E-state index >= 15 is 0 Å². The Labute approximate surface area is 187 Å². The van der Waals surface area contributed by atoms with Gasteiger partial charge in [-0.2, -0.15) is 0 Å². The normalized spacial score (nSPS) is 24.4. The molecule has 1 N–H and O–H groups in total. The number of likely N-dealkylation sites (N-methyl/N-ethyl adjacent to an activating group) is 1. The molecule has 32 heavy (non-hydrogen) atoms. The molecule has 8 nitrogen and oxygen atoms in total. The lowest BCUT2D eigenvalue weighted by molar-refractivity contribution is -0.139. The number of rotatable bonds is 6. The van der Waals surface area contributed by atoms with Gasteiger partial charge in [-0.15, -0.1) is 0 Å². The summed E-state index contributed by atoms with van der Waals surface area (Å²) in [7, 11) is -1.65. The molecule has 168 valence electrons. The minimum Gasteiger partial charge on any atom is -0.340 e. The molecule has 2 unspecified atom stereocenters. The van der Waals surface area contributed by atoms with Crippen LogP contribution in [0.25, 0.3) is 0 Å². The van der Waals surface area contributed by atoms with Crippen LogP contribution in [0.4, 0.5) is 4.79 Å². The highest BCUT2D eigenvalue weighted by molar-refractivity contribution is 7.91. The number of hydrogen-bond donors (Lipinski definition) is 1. The van der Waals surface area contributed by atoms with Gasteiger partial charge in [0.15, 0.2) is 15.4 Å². The number of nitrogens with zero attached hydrogens (tertiary/aromatic N) is 2. The Kier molecular flexibility index (Phi) is 5.77. The zero-order valence-corrected chi connectivity index (χ0v) is 18.5. The standard InChI is InChI=1S/C23H25N3O5S/c1-25(19-12-13-32(30,31)16-19)20(27)15-26-21(28)23(24-22(26)29,18-10-6-3-7-11-18)14-17-8-4-2-5-9-17/h2-11,19H,12-16H2,1H3,(H,24,29). The maximum atomic E-state index is 13.6. The molecule has 2 saturated heterocycles. The molecule has 0 bridgehead atoms. The van der Waals surface area contributed by atoms with Crippen LogP contribution >= 0.6 is 0 Å². The number of nitrogens with one attached hydrogen (secondary N) is 1. The number of carbonyl (C=O) groups is 3. The van der Waals surface area contributed by atoms with Crippen LogP contribution in [0.2, 0.25) is 0 Å². The van der Waals surface area contributed by atoms with Crippen molar-refractivity contribution in [1.82, 2.24) is 15.1 Å². The molecule has 0 aromatic heterocycles. The van der Waals surface area contributed by atoms with Gasteiger partial charge in [0.2, 0.25) is 5.91 Å². The first-order valence-corrected chi connectivity index (χ1v) is 12.2. The predicted molar refractivity (Wildman–Crippen MR) is 118 cm³/mol. The second-order valence-electron chi connectivity index (χ2n) is 8.32. The number of carbonyl (C=O) groups excluding carboxylic acids is 3. The van der Waals surface area contributed by atoms with Crippen molar-refractivity contribution in [3.63, 3.8) is 0 Å². The molecule has 4 rings (SSSR count). The van der Waals surface area contributed by atoms with E-state index in [4.69, 9.17) is 0 Å². The molecule has 0 spiro atoms. The summed E-state index contributed by atoms with van der Waals surface area (Å²) < 4.78 is 23.5. The molecular formula is C23H25N3O5S. The van der Waals surface area contributed by atoms with Crippen molar-refractivity contribution in [2.45, 2.75) is 24.4 Å². The first-order chi connectivity index (χ1) is 15.2. The lowest BCUT2D eigenvalue weighted by Gasteiger charge is -2.28. The maximum absolute atomic E-state index is 13.6. The Morgan fingerprint density at radius 3 is 2.31 bits per heavy atom. The van der Waals surface area contributed by atoms with E-state index < -0.39 is 45.8 Å². The number of hydrogen-bond acceptors (Lipinski definition) is 5. The molecule has 0 radical (unpaired) electrons. The summed E-state index contributed by atoms with van der Waals surface area (Å²) in [6, 6.07) is 17.2. The molecule has 2 aromatic carbocycles. The van der Waals surface area contributed by atoms with Crippen molar-refractivity contribution >= 4 is 27.7 Å². The second-order valence-corrected chi connectivity index (χ2v) is 10.5. The van der Waals surface area contributed by atoms with Gasteiger partial charge in [0, 0.05) is 19.5 Å². The molecule has 2 heterocycles. The van der Waals surface area contributed by atoms with E-state index in [-0.39, 0.29) is 17.9 Å². The van der Waals surface area contributed by atoms with Gasteiger partial charge >= 0.3 is 6.03 Å². The molecule has 2 aliphatic heterocycles. The van der Waals surface area contributed by atoms with Crippen molar-refractivity contribution < 1.29 is 22.8 Å². The summed E-state index contributed by atoms with van der Waals surface area (Å²) in [6.07, 6.45) is 0.594. The van der Waals surface area contributed by atoms with Crippen LogP contribution in [0.3, 0.4) is 0 Å². The average molecular weight is 456 g/mol. The number of urea groups is 1. The number of amides is 4. The van der Waals surface area contributed by atoms with Crippen LogP contribution in [0.15, 0.2) is 60.7 Å². The average Bonchev–Trinajstić information content (AvgIpc) is 3.26. The molecule has 2 fully saturated rings. The van der Waals surface area contributed by atoms with Crippen LogP contribution < -0.4 is 5.32 Å². The summed E-state index contributed by atoms with van der Waals surface area (Å²) >= 11 is 0. The van der Waals surface area contributed by atoms with Crippen molar-refractivity contribution in [3.8, 4) is 0 Å². The summed E-state index contributed by atoms with van der Waals surface area (Å²) in [4.78, 5) is 41.6. The Morgan fingerprint density at radius 1 is 1.09 bits per heavy atom. The van der Waals surface area contributed by atoms with Crippen LogP contribution in [0.1, 0.15) is 17.5 Å². The van der Waals surface area contributed by atoms with E-state index in [0.29, 0.717) is 12.0 Å². The minimum atomic E-state index is -3.17. The van der Waals surface area contributed by atoms with Crippen molar-refractivity contribution in [2.24, 2.45) is 0 Å². The topological polar surface area (TPSA) is 104 Å². The summed E-state index contributed by atoms with van der Waals surface area (Å²) in [5.74, 6) is -1.04. The molecule has 0 saturated carbocycles. The number of sulfone groups is 1. The first-order valence-electron chi connectivity index (χ1n) is 10.4. The van der Waals surface area contributed by atoms with E-state index in [2.05, 4.69) is 5.32 Å². The zero-order chi connectivity index (χ0) is 22.9. The van der Waals surface area contributed by atoms with Gasteiger partial charge in [-0.1, -0.05) is 60.7 Å². The van der Waals surface area contributed by atoms with E-state index in [9.17, 15) is 22.8 Å². The zero-order valence-electron chi connectivity index (χ0n) is 17.7. The molecule has 9 heteroatoms. The Balaban J connectivity index is 1.59. The van der Waals surface area contributed by atoms with Gasteiger partial charge in [0.1, 0.15) is 6.54 Å². The SMILES string of the molecule is CN(C(=O)CN1C(=O)NC(Cc2ccccc2)(c2ccccc2)C1=O)C1CCS(=O)(=O)C1. The van der Waals surface area contributed by atoms with Crippen LogP contribution in [0.5, 0.6) is 0 Å². The van der Waals surface area contributed by atoms with E-state index in [1.165, 1.54) is 11.9 Å². The minimum absolute atomic E-state index is 0.0343. The van der Waals surface area contributed by atoms with Gasteiger partial charge in [0.05, 0.1) is 11.5 Å². The lowest BCUT2D eigenvalue weighted by Crippen LogP contribution is -2.48. The number of imide groups is 1. The second kappa shape index (κ2) is 8.38. The van der Waals surface area contributed by atoms with Gasteiger partial charge in [-0.25, -0.2) is 13.2 Å². The molecule has 0 aliphatic carbocycles. The molecule has 4 amide bonds. The largest absolute Gasteiger partial charge is 0.340 e. The van der Waals surface area contributed by atoms with Crippen molar-refractivity contribution in [1.29, 1.82) is 0 Å². The number of benzene rings is 2. The lowest BCUT2D eigenvalue weighted by atomic mass is 9.83. The highest BCUT2D eigenvalue weighted by Crippen LogP contribution is 2.33. The quantitative estimate of drug-likeness (QED) is 0.662. The van der Waals surface area contributed by atoms with Gasteiger partial charge in [0.25, 0.3) is 5.91 Å². The third-order valence-electron chi connectivity index (χ3n) is 6.20. The highest BCUT2D eigenvalue weighted by Gasteiger charge is 2.53.